The van der Waals surface area contributed by atoms with Crippen molar-refractivity contribution in [3.8, 4) is 5.75 Å². The van der Waals surface area contributed by atoms with E-state index in [4.69, 9.17) is 9.79 Å². The maximum atomic E-state index is 11.1. The van der Waals surface area contributed by atoms with Crippen LogP contribution in [-0.4, -0.2) is 41.7 Å². The van der Waals surface area contributed by atoms with Crippen LogP contribution in [0, 0.1) is 5.92 Å². The molecule has 2 rings (SSSR count). The van der Waals surface area contributed by atoms with Crippen molar-refractivity contribution >= 4 is 13.5 Å². The van der Waals surface area contributed by atoms with Gasteiger partial charge in [0.2, 0.25) is 0 Å². The lowest BCUT2D eigenvalue weighted by atomic mass is 9.82. The van der Waals surface area contributed by atoms with Crippen LogP contribution in [0.15, 0.2) is 53.0 Å². The van der Waals surface area contributed by atoms with Gasteiger partial charge in [0.1, 0.15) is 11.5 Å². The Morgan fingerprint density at radius 2 is 1.96 bits per heavy atom. The molecule has 1 aliphatic rings. The van der Waals surface area contributed by atoms with Crippen LogP contribution in [-0.2, 0) is 4.57 Å². The second-order valence-electron chi connectivity index (χ2n) is 6.02. The number of hydrogen-bond acceptors (Lipinski definition) is 5. The number of nitrogens with zero attached hydrogens (tertiary/aromatic N) is 1. The van der Waals surface area contributed by atoms with E-state index in [2.05, 4.69) is 4.76 Å². The lowest BCUT2D eigenvalue weighted by molar-refractivity contribution is -0.181. The largest absolute Gasteiger partial charge is 0.508 e. The van der Waals surface area contributed by atoms with Gasteiger partial charge in [-0.25, -0.2) is 4.57 Å². The van der Waals surface area contributed by atoms with E-state index in [9.17, 15) is 25.0 Å². The zero-order valence-electron chi connectivity index (χ0n) is 13.4. The summed E-state index contributed by atoms with van der Waals surface area (Å²) < 4.78 is 14.3. The molecule has 136 valence electrons. The van der Waals surface area contributed by atoms with Crippen molar-refractivity contribution in [2.45, 2.75) is 25.0 Å². The van der Waals surface area contributed by atoms with Crippen molar-refractivity contribution in [3.05, 3.63) is 53.8 Å². The van der Waals surface area contributed by atoms with Gasteiger partial charge in [-0.3, -0.25) is 0 Å². The quantitative estimate of drug-likeness (QED) is 0.342. The molecule has 1 aromatic carbocycles. The van der Waals surface area contributed by atoms with Gasteiger partial charge in [-0.15, -0.1) is 0 Å². The normalized spacial score (nSPS) is 21.2. The minimum atomic E-state index is -4.82. The third-order valence-electron chi connectivity index (χ3n) is 3.86. The van der Waals surface area contributed by atoms with Crippen molar-refractivity contribution < 1.29 is 34.8 Å². The molecule has 0 spiro atoms. The highest BCUT2D eigenvalue weighted by Crippen LogP contribution is 2.40. The topological polar surface area (TPSA) is 151 Å². The fourth-order valence-electron chi connectivity index (χ4n) is 2.74. The summed E-state index contributed by atoms with van der Waals surface area (Å²) in [5, 5.41) is 40.0. The highest BCUT2D eigenvalue weighted by Gasteiger charge is 2.39. The monoisotopic (exact) mass is 369 g/mol. The van der Waals surface area contributed by atoms with E-state index in [0.717, 1.165) is 6.08 Å². The summed E-state index contributed by atoms with van der Waals surface area (Å²) in [4.78, 5) is 18.1. The summed E-state index contributed by atoms with van der Waals surface area (Å²) in [5.41, 5.74) is 0.334. The lowest BCUT2D eigenvalue weighted by Crippen LogP contribution is -2.42. The first kappa shape index (κ1) is 19.4. The number of phenolic OH excluding ortho intramolecular Hbond substituents is 1. The van der Waals surface area contributed by atoms with Gasteiger partial charge < -0.3 is 30.2 Å². The van der Waals surface area contributed by atoms with E-state index in [0.29, 0.717) is 5.56 Å². The summed E-state index contributed by atoms with van der Waals surface area (Å²) in [6, 6.07) is 6.32. The molecule has 0 heterocycles. The molecule has 0 aromatic heterocycles. The summed E-state index contributed by atoms with van der Waals surface area (Å²) in [6.07, 6.45) is 3.20. The van der Waals surface area contributed by atoms with Gasteiger partial charge in [-0.1, -0.05) is 25.1 Å². The van der Waals surface area contributed by atoms with Crippen LogP contribution >= 0.6 is 7.75 Å². The maximum Gasteiger partial charge on any atom is 0.448 e. The van der Waals surface area contributed by atoms with Crippen LogP contribution in [0.3, 0.4) is 0 Å². The molecule has 0 bridgehead atoms. The van der Waals surface area contributed by atoms with Gasteiger partial charge in [0.05, 0.1) is 11.6 Å². The lowest BCUT2D eigenvalue weighted by Gasteiger charge is -2.33. The first-order valence-electron chi connectivity index (χ1n) is 7.46. The van der Waals surface area contributed by atoms with Crippen LogP contribution in [0.5, 0.6) is 5.75 Å². The van der Waals surface area contributed by atoms with Crippen LogP contribution in [0.1, 0.15) is 24.8 Å². The Morgan fingerprint density at radius 1 is 1.28 bits per heavy atom. The second-order valence-corrected chi connectivity index (χ2v) is 7.25. The summed E-state index contributed by atoms with van der Waals surface area (Å²) in [5.74, 6) is -4.27. The smallest absolute Gasteiger partial charge is 0.448 e. The molecule has 8 nitrogen and oxygen atoms in total. The molecule has 0 amide bonds. The molecule has 1 aliphatic carbocycles. The van der Waals surface area contributed by atoms with Crippen molar-refractivity contribution in [1.29, 1.82) is 0 Å². The van der Waals surface area contributed by atoms with Crippen molar-refractivity contribution in [3.63, 3.8) is 0 Å². The molecule has 9 heteroatoms. The van der Waals surface area contributed by atoms with Crippen molar-refractivity contribution in [1.82, 2.24) is 0 Å². The van der Waals surface area contributed by atoms with E-state index >= 15 is 0 Å². The van der Waals surface area contributed by atoms with E-state index in [-0.39, 0.29) is 29.6 Å². The number of phenols is 1. The molecule has 0 aliphatic heterocycles. The van der Waals surface area contributed by atoms with Gasteiger partial charge in [0.25, 0.3) is 0 Å². The molecule has 2 atom stereocenters. The number of allylic oxidation sites excluding steroid dienone is 2. The third-order valence-corrected chi connectivity index (χ3v) is 4.35. The Balaban J connectivity index is 2.29. The average molecular weight is 369 g/mol. The molecule has 0 saturated heterocycles. The summed E-state index contributed by atoms with van der Waals surface area (Å²) in [7, 11) is -4.82. The molecule has 0 radical (unpaired) electrons. The molecule has 2 unspecified atom stereocenters. The van der Waals surface area contributed by atoms with Crippen LogP contribution < -0.4 is 0 Å². The van der Waals surface area contributed by atoms with E-state index in [1.807, 2.05) is 0 Å². The summed E-state index contributed by atoms with van der Waals surface area (Å²) >= 11 is 0. The predicted molar refractivity (Wildman–Crippen MR) is 91.1 cm³/mol. The van der Waals surface area contributed by atoms with Crippen LogP contribution in [0.4, 0.5) is 0 Å². The maximum absolute atomic E-state index is 11.1. The van der Waals surface area contributed by atoms with Crippen molar-refractivity contribution in [2.75, 3.05) is 0 Å². The predicted octanol–water partition coefficient (Wildman–Crippen LogP) is 1.73. The highest BCUT2D eigenvalue weighted by molar-refractivity contribution is 7.50. The third kappa shape index (κ3) is 5.26. The molecular formula is C16H20NO7P. The molecule has 0 saturated carbocycles. The minimum absolute atomic E-state index is 0.0417. The van der Waals surface area contributed by atoms with Crippen molar-refractivity contribution in [2.24, 2.45) is 10.7 Å². The SMILES string of the molecule is CC(CC(O)(O)C1C=CC(O)=C/C1=N\P(=O)(O)O)c1cccc(O)c1. The van der Waals surface area contributed by atoms with Gasteiger partial charge >= 0.3 is 7.75 Å². The Labute approximate surface area is 144 Å². The Hall–Kier alpha value is -1.96. The highest BCUT2D eigenvalue weighted by atomic mass is 31.2. The van der Waals surface area contributed by atoms with E-state index in [1.165, 1.54) is 24.3 Å². The number of benzene rings is 1. The standard InChI is InChI=1S/C16H20NO7P/c1-10(11-3-2-4-12(18)7-11)9-16(20,21)14-6-5-13(19)8-15(14)17-25(22,23)24/h2-8,10,14,18-21H,9H2,1H3,(H2,22,23,24)/b17-15+. The first-order valence-corrected chi connectivity index (χ1v) is 9.02. The number of aliphatic hydroxyl groups is 3. The van der Waals surface area contributed by atoms with Crippen LogP contribution in [0.2, 0.25) is 0 Å². The number of aromatic hydroxyl groups is 1. The molecule has 6 N–H and O–H groups in total. The van der Waals surface area contributed by atoms with Gasteiger partial charge in [-0.2, -0.15) is 4.76 Å². The Morgan fingerprint density at radius 3 is 2.56 bits per heavy atom. The van der Waals surface area contributed by atoms with Gasteiger partial charge in [-0.05, 0) is 29.7 Å². The van der Waals surface area contributed by atoms with Crippen LogP contribution in [0.25, 0.3) is 0 Å². The molecule has 25 heavy (non-hydrogen) atoms. The Bertz CT molecular complexity index is 778. The first-order chi connectivity index (χ1) is 11.5. The van der Waals surface area contributed by atoms with E-state index < -0.39 is 19.5 Å². The number of hydrogen-bond donors (Lipinski definition) is 6. The fourth-order valence-corrected chi connectivity index (χ4v) is 3.23. The average Bonchev–Trinajstić information content (AvgIpc) is 2.44. The summed E-state index contributed by atoms with van der Waals surface area (Å²) in [6.45, 7) is 1.72. The molecule has 0 fully saturated rings. The zero-order valence-corrected chi connectivity index (χ0v) is 14.3. The number of rotatable bonds is 5. The zero-order chi connectivity index (χ0) is 18.8. The minimum Gasteiger partial charge on any atom is -0.508 e. The Kier molecular flexibility index (Phi) is 5.51. The van der Waals surface area contributed by atoms with Gasteiger partial charge in [0.15, 0.2) is 5.79 Å². The molecular weight excluding hydrogens is 349 g/mol. The fraction of sp³-hybridized carbons (Fsp3) is 0.312. The van der Waals surface area contributed by atoms with Gasteiger partial charge in [0, 0.05) is 12.5 Å². The molecule has 1 aromatic rings. The second kappa shape index (κ2) is 7.11. The van der Waals surface area contributed by atoms with E-state index in [1.54, 1.807) is 19.1 Å². The number of aliphatic hydroxyl groups excluding tert-OH is 1.